The predicted octanol–water partition coefficient (Wildman–Crippen LogP) is 4.08. The molecule has 0 aliphatic carbocycles. The van der Waals surface area contributed by atoms with Crippen LogP contribution in [-0.4, -0.2) is 40.7 Å². The molecule has 1 aliphatic heterocycles. The van der Waals surface area contributed by atoms with Crippen LogP contribution in [0.4, 0.5) is 0 Å². The van der Waals surface area contributed by atoms with E-state index >= 15 is 0 Å². The molecule has 0 saturated carbocycles. The van der Waals surface area contributed by atoms with Gasteiger partial charge in [0.2, 0.25) is 0 Å². The number of amides is 1. The molecule has 3 heterocycles. The van der Waals surface area contributed by atoms with Crippen LogP contribution in [0.2, 0.25) is 0 Å². The molecule has 158 valence electrons. The second-order valence-corrected chi connectivity index (χ2v) is 7.99. The van der Waals surface area contributed by atoms with Crippen LogP contribution in [0.25, 0.3) is 27.6 Å². The number of pyridine rings is 1. The molecule has 2 aromatic heterocycles. The van der Waals surface area contributed by atoms with Crippen molar-refractivity contribution in [2.45, 2.75) is 26.2 Å². The van der Waals surface area contributed by atoms with Gasteiger partial charge in [0.15, 0.2) is 11.4 Å². The summed E-state index contributed by atoms with van der Waals surface area (Å²) in [5.41, 5.74) is 1.81. The molecule has 1 aliphatic rings. The van der Waals surface area contributed by atoms with Crippen LogP contribution >= 0.6 is 0 Å². The fourth-order valence-electron chi connectivity index (χ4n) is 4.26. The van der Waals surface area contributed by atoms with Crippen molar-refractivity contribution in [3.8, 4) is 11.6 Å². The van der Waals surface area contributed by atoms with E-state index < -0.39 is 0 Å². The summed E-state index contributed by atoms with van der Waals surface area (Å²) in [5.74, 6) is 0.893. The highest BCUT2D eigenvalue weighted by atomic mass is 16.5. The van der Waals surface area contributed by atoms with Gasteiger partial charge in [0.1, 0.15) is 5.75 Å². The molecule has 1 saturated heterocycles. The van der Waals surface area contributed by atoms with Crippen LogP contribution in [0.3, 0.4) is 0 Å². The van der Waals surface area contributed by atoms with E-state index in [1.54, 1.807) is 31.5 Å². The van der Waals surface area contributed by atoms with Crippen molar-refractivity contribution in [3.05, 3.63) is 64.1 Å². The van der Waals surface area contributed by atoms with Crippen LogP contribution in [0.1, 0.15) is 35.2 Å². The summed E-state index contributed by atoms with van der Waals surface area (Å²) in [6, 6.07) is 10.9. The minimum Gasteiger partial charge on any atom is -0.497 e. The number of methoxy groups -OCH3 is 1. The molecule has 7 nitrogen and oxygen atoms in total. The Hall–Kier alpha value is -3.61. The van der Waals surface area contributed by atoms with E-state index in [9.17, 15) is 9.59 Å². The van der Waals surface area contributed by atoms with Crippen molar-refractivity contribution in [2.24, 2.45) is 0 Å². The van der Waals surface area contributed by atoms with E-state index in [-0.39, 0.29) is 11.5 Å². The minimum absolute atomic E-state index is 0.0873. The molecule has 1 amide bonds. The number of carbonyl (C=O) groups is 1. The summed E-state index contributed by atoms with van der Waals surface area (Å²) in [4.78, 5) is 28.8. The Bertz CT molecular complexity index is 1360. The molecule has 0 atom stereocenters. The Morgan fingerprint density at radius 1 is 1.03 bits per heavy atom. The Morgan fingerprint density at radius 3 is 2.61 bits per heavy atom. The van der Waals surface area contributed by atoms with Gasteiger partial charge in [-0.15, -0.1) is 0 Å². The lowest BCUT2D eigenvalue weighted by Gasteiger charge is -2.27. The smallest absolute Gasteiger partial charge is 0.264 e. The monoisotopic (exact) mass is 417 g/mol. The summed E-state index contributed by atoms with van der Waals surface area (Å²) in [7, 11) is 1.57. The average Bonchev–Trinajstić information content (AvgIpc) is 3.22. The van der Waals surface area contributed by atoms with Gasteiger partial charge in [-0.2, -0.15) is 0 Å². The van der Waals surface area contributed by atoms with E-state index in [1.165, 1.54) is 4.57 Å². The zero-order valence-electron chi connectivity index (χ0n) is 17.6. The lowest BCUT2D eigenvalue weighted by Crippen LogP contribution is -2.36. The van der Waals surface area contributed by atoms with Gasteiger partial charge in [-0.25, -0.2) is 0 Å². The highest BCUT2D eigenvalue weighted by molar-refractivity contribution is 6.07. The third-order valence-corrected chi connectivity index (χ3v) is 5.93. The van der Waals surface area contributed by atoms with Gasteiger partial charge in [0.25, 0.3) is 11.5 Å². The van der Waals surface area contributed by atoms with Crippen molar-refractivity contribution >= 4 is 27.6 Å². The molecule has 2 aromatic carbocycles. The van der Waals surface area contributed by atoms with E-state index in [0.29, 0.717) is 33.5 Å². The normalized spacial score (nSPS) is 14.3. The van der Waals surface area contributed by atoms with Gasteiger partial charge < -0.3 is 14.2 Å². The summed E-state index contributed by atoms with van der Waals surface area (Å²) in [6.07, 6.45) is 4.70. The number of rotatable bonds is 3. The maximum atomic E-state index is 13.5. The number of carbonyl (C=O) groups excluding carboxylic acids is 1. The Balaban J connectivity index is 1.78. The topological polar surface area (TPSA) is 77.6 Å². The van der Waals surface area contributed by atoms with Crippen LogP contribution < -0.4 is 10.3 Å². The molecule has 0 unspecified atom stereocenters. The summed E-state index contributed by atoms with van der Waals surface area (Å²) in [6.45, 7) is 3.40. The highest BCUT2D eigenvalue weighted by Crippen LogP contribution is 2.27. The summed E-state index contributed by atoms with van der Waals surface area (Å²) >= 11 is 0. The van der Waals surface area contributed by atoms with Gasteiger partial charge >= 0.3 is 0 Å². The highest BCUT2D eigenvalue weighted by Gasteiger charge is 2.24. The Kier molecular flexibility index (Phi) is 4.73. The number of hydrogen-bond acceptors (Lipinski definition) is 5. The molecule has 7 heteroatoms. The second kappa shape index (κ2) is 7.58. The van der Waals surface area contributed by atoms with Gasteiger partial charge in [0, 0.05) is 30.1 Å². The van der Waals surface area contributed by atoms with Crippen LogP contribution in [0.5, 0.6) is 5.75 Å². The third kappa shape index (κ3) is 3.26. The molecule has 0 N–H and O–H groups in total. The maximum absolute atomic E-state index is 13.5. The summed E-state index contributed by atoms with van der Waals surface area (Å²) in [5, 5.41) is 5.91. The number of nitrogens with zero attached hydrogens (tertiary/aromatic N) is 3. The van der Waals surface area contributed by atoms with Crippen molar-refractivity contribution in [2.75, 3.05) is 20.2 Å². The van der Waals surface area contributed by atoms with Gasteiger partial charge in [-0.1, -0.05) is 16.8 Å². The van der Waals surface area contributed by atoms with Gasteiger partial charge in [0.05, 0.1) is 18.1 Å². The number of hydrogen-bond donors (Lipinski definition) is 0. The summed E-state index contributed by atoms with van der Waals surface area (Å²) < 4.78 is 12.2. The first-order valence-electron chi connectivity index (χ1n) is 10.5. The van der Waals surface area contributed by atoms with E-state index in [2.05, 4.69) is 5.16 Å². The lowest BCUT2D eigenvalue weighted by molar-refractivity contribution is 0.0725. The molecule has 31 heavy (non-hydrogen) atoms. The Labute approximate surface area is 178 Å². The number of aromatic nitrogens is 2. The van der Waals surface area contributed by atoms with Crippen LogP contribution in [-0.2, 0) is 0 Å². The molecule has 0 bridgehead atoms. The molecule has 0 spiro atoms. The zero-order chi connectivity index (χ0) is 21.5. The lowest BCUT2D eigenvalue weighted by atomic mass is 10.0. The van der Waals surface area contributed by atoms with Gasteiger partial charge in [-0.3, -0.25) is 14.2 Å². The third-order valence-electron chi connectivity index (χ3n) is 5.93. The number of likely N-dealkylation sites (tertiary alicyclic amines) is 1. The quantitative estimate of drug-likeness (QED) is 0.502. The van der Waals surface area contributed by atoms with Crippen molar-refractivity contribution < 1.29 is 14.1 Å². The molecular weight excluding hydrogens is 394 g/mol. The van der Waals surface area contributed by atoms with Crippen LogP contribution in [0, 0.1) is 6.92 Å². The number of aryl methyl sites for hydroxylation is 1. The first-order valence-corrected chi connectivity index (χ1v) is 10.5. The van der Waals surface area contributed by atoms with Crippen molar-refractivity contribution in [3.63, 3.8) is 0 Å². The van der Waals surface area contributed by atoms with Crippen molar-refractivity contribution in [1.29, 1.82) is 0 Å². The standard InChI is InChI=1S/C24H23N3O4/c1-15-6-9-21-19(12-15)22(25-31-21)27-14-20(23(28)26-10-4-3-5-11-26)18-13-16(30-2)7-8-17(18)24(27)29/h6-9,12-14H,3-5,10-11H2,1-2H3. The van der Waals surface area contributed by atoms with Crippen LogP contribution in [0.15, 0.2) is 51.9 Å². The van der Waals surface area contributed by atoms with Crippen molar-refractivity contribution in [1.82, 2.24) is 14.6 Å². The zero-order valence-corrected chi connectivity index (χ0v) is 17.6. The molecule has 1 fully saturated rings. The van der Waals surface area contributed by atoms with E-state index in [1.807, 2.05) is 30.0 Å². The molecular formula is C24H23N3O4. The fourth-order valence-corrected chi connectivity index (χ4v) is 4.26. The first-order chi connectivity index (χ1) is 15.1. The second-order valence-electron chi connectivity index (χ2n) is 7.99. The SMILES string of the molecule is COc1ccc2c(=O)n(-c3noc4ccc(C)cc34)cc(C(=O)N3CCCCC3)c2c1. The molecule has 4 aromatic rings. The predicted molar refractivity (Wildman–Crippen MR) is 118 cm³/mol. The average molecular weight is 417 g/mol. The minimum atomic E-state index is -0.260. The number of ether oxygens (including phenoxy) is 1. The maximum Gasteiger partial charge on any atom is 0.264 e. The largest absolute Gasteiger partial charge is 0.497 e. The number of fused-ring (bicyclic) bond motifs is 2. The Morgan fingerprint density at radius 2 is 1.84 bits per heavy atom. The van der Waals surface area contributed by atoms with E-state index in [4.69, 9.17) is 9.26 Å². The van der Waals surface area contributed by atoms with E-state index in [0.717, 1.165) is 43.3 Å². The number of piperidine rings is 1. The molecule has 0 radical (unpaired) electrons. The number of benzene rings is 2. The van der Waals surface area contributed by atoms with Gasteiger partial charge in [-0.05, 0) is 56.5 Å². The fraction of sp³-hybridized carbons (Fsp3) is 0.292. The molecule has 5 rings (SSSR count). The first kappa shape index (κ1) is 19.4.